The number of ether oxygens (including phenoxy) is 1. The first kappa shape index (κ1) is 23.4. The number of nitrogens with one attached hydrogen (secondary N) is 2. The fraction of sp³-hybridized carbons (Fsp3) is 0.208. The van der Waals surface area contributed by atoms with E-state index in [1.807, 2.05) is 32.0 Å². The summed E-state index contributed by atoms with van der Waals surface area (Å²) in [6.45, 7) is 7.30. The molecular weight excluding hydrogens is 454 g/mol. The topological polar surface area (TPSA) is 130 Å². The van der Waals surface area contributed by atoms with Gasteiger partial charge in [-0.05, 0) is 56.5 Å². The number of hydrogen-bond acceptors (Lipinski definition) is 7. The molecule has 0 aliphatic rings. The number of aromatic nitrogens is 4. The molecule has 4 aromatic rings. The molecular formula is C24H25N5O4S. The van der Waals surface area contributed by atoms with E-state index in [-0.39, 0.29) is 16.7 Å². The van der Waals surface area contributed by atoms with Gasteiger partial charge in [0, 0.05) is 17.8 Å². The monoisotopic (exact) mass is 479 g/mol. The van der Waals surface area contributed by atoms with Crippen LogP contribution >= 0.6 is 0 Å². The summed E-state index contributed by atoms with van der Waals surface area (Å²) in [7, 11) is -3.95. The van der Waals surface area contributed by atoms with E-state index in [1.165, 1.54) is 12.4 Å². The highest BCUT2D eigenvalue weighted by Gasteiger charge is 2.20. The number of rotatable bonds is 7. The van der Waals surface area contributed by atoms with Crippen LogP contribution in [0.1, 0.15) is 30.5 Å². The number of nitrogens with zero attached hydrogens (tertiary/aromatic N) is 3. The summed E-state index contributed by atoms with van der Waals surface area (Å²) in [5, 5.41) is 16.3. The molecule has 2 heterocycles. The summed E-state index contributed by atoms with van der Waals surface area (Å²) in [5.74, 6) is 0.501. The van der Waals surface area contributed by atoms with E-state index in [1.54, 1.807) is 44.2 Å². The van der Waals surface area contributed by atoms with Gasteiger partial charge in [0.05, 0.1) is 17.5 Å². The number of aromatic amines is 1. The molecule has 0 aliphatic carbocycles. The van der Waals surface area contributed by atoms with Crippen LogP contribution in [0.25, 0.3) is 11.3 Å². The highest BCUT2D eigenvalue weighted by Crippen LogP contribution is 2.31. The Morgan fingerprint density at radius 3 is 2.29 bits per heavy atom. The van der Waals surface area contributed by atoms with Gasteiger partial charge in [-0.3, -0.25) is 5.10 Å². The van der Waals surface area contributed by atoms with Gasteiger partial charge in [0.25, 0.3) is 10.0 Å². The standard InChI is InChI=1S/C24H25N5O4S/c1-15-6-5-7-16(2)22(15)20-12-21(33-18-10-8-17(9-11-18)24(3,4)30)28-23(27-20)29-34(31,32)19-13-25-26-14-19/h5-14,30H,1-4H3,(H,25,26)(H,27,28,29). The molecule has 0 saturated carbocycles. The number of hydrogen-bond donors (Lipinski definition) is 3. The summed E-state index contributed by atoms with van der Waals surface area (Å²) in [6, 6.07) is 14.4. The zero-order chi connectivity index (χ0) is 24.5. The number of H-pyrrole nitrogens is 1. The first-order valence-electron chi connectivity index (χ1n) is 10.5. The lowest BCUT2D eigenvalue weighted by atomic mass is 9.99. The predicted molar refractivity (Wildman–Crippen MR) is 128 cm³/mol. The molecule has 9 nitrogen and oxygen atoms in total. The van der Waals surface area contributed by atoms with Crippen molar-refractivity contribution in [3.63, 3.8) is 0 Å². The van der Waals surface area contributed by atoms with E-state index in [0.29, 0.717) is 11.4 Å². The molecule has 0 unspecified atom stereocenters. The van der Waals surface area contributed by atoms with Crippen molar-refractivity contribution in [2.75, 3.05) is 4.72 Å². The number of sulfonamides is 1. The molecule has 0 saturated heterocycles. The number of benzene rings is 2. The van der Waals surface area contributed by atoms with Crippen LogP contribution in [-0.2, 0) is 15.6 Å². The fourth-order valence-corrected chi connectivity index (χ4v) is 4.33. The molecule has 0 radical (unpaired) electrons. The number of aryl methyl sites for hydroxylation is 2. The van der Waals surface area contributed by atoms with Crippen molar-refractivity contribution in [3.8, 4) is 22.9 Å². The molecule has 0 bridgehead atoms. The van der Waals surface area contributed by atoms with Crippen molar-refractivity contribution >= 4 is 16.0 Å². The second-order valence-corrected chi connectivity index (χ2v) is 10.1. The first-order valence-corrected chi connectivity index (χ1v) is 12.0. The van der Waals surface area contributed by atoms with Crippen molar-refractivity contribution in [1.82, 2.24) is 20.2 Å². The third kappa shape index (κ3) is 5.08. The maximum Gasteiger partial charge on any atom is 0.267 e. The number of anilines is 1. The van der Waals surface area contributed by atoms with Gasteiger partial charge in [-0.25, -0.2) is 18.1 Å². The molecule has 176 valence electrons. The van der Waals surface area contributed by atoms with Crippen LogP contribution in [0.3, 0.4) is 0 Å². The second-order valence-electron chi connectivity index (χ2n) is 8.41. The van der Waals surface area contributed by atoms with Gasteiger partial charge in [-0.15, -0.1) is 0 Å². The van der Waals surface area contributed by atoms with Gasteiger partial charge in [0.2, 0.25) is 11.8 Å². The Kier molecular flexibility index (Phi) is 6.11. The Balaban J connectivity index is 1.76. The molecule has 0 atom stereocenters. The molecule has 2 aromatic heterocycles. The number of aliphatic hydroxyl groups is 1. The minimum absolute atomic E-state index is 0.0433. The minimum Gasteiger partial charge on any atom is -0.439 e. The first-order chi connectivity index (χ1) is 16.0. The van der Waals surface area contributed by atoms with Crippen LogP contribution in [0.4, 0.5) is 5.95 Å². The van der Waals surface area contributed by atoms with Gasteiger partial charge < -0.3 is 9.84 Å². The maximum absolute atomic E-state index is 12.7. The Morgan fingerprint density at radius 1 is 1.03 bits per heavy atom. The van der Waals surface area contributed by atoms with Gasteiger partial charge in [-0.1, -0.05) is 30.3 Å². The molecule has 0 aliphatic heterocycles. The summed E-state index contributed by atoms with van der Waals surface area (Å²) in [6.07, 6.45) is 2.46. The highest BCUT2D eigenvalue weighted by atomic mass is 32.2. The smallest absolute Gasteiger partial charge is 0.267 e. The Morgan fingerprint density at radius 2 is 1.71 bits per heavy atom. The summed E-state index contributed by atoms with van der Waals surface area (Å²) in [4.78, 5) is 8.70. The van der Waals surface area contributed by atoms with Crippen LogP contribution in [0.5, 0.6) is 11.6 Å². The van der Waals surface area contributed by atoms with Gasteiger partial charge in [0.15, 0.2) is 0 Å². The van der Waals surface area contributed by atoms with E-state index in [4.69, 9.17) is 4.74 Å². The quantitative estimate of drug-likeness (QED) is 0.360. The van der Waals surface area contributed by atoms with E-state index in [0.717, 1.165) is 22.3 Å². The van der Waals surface area contributed by atoms with Crippen molar-refractivity contribution < 1.29 is 18.3 Å². The lowest BCUT2D eigenvalue weighted by Crippen LogP contribution is -2.15. The van der Waals surface area contributed by atoms with E-state index in [2.05, 4.69) is 24.9 Å². The zero-order valence-corrected chi connectivity index (χ0v) is 20.0. The van der Waals surface area contributed by atoms with Gasteiger partial charge >= 0.3 is 0 Å². The third-order valence-corrected chi connectivity index (χ3v) is 6.53. The maximum atomic E-state index is 12.7. The molecule has 0 fully saturated rings. The van der Waals surface area contributed by atoms with Crippen LogP contribution in [0.15, 0.2) is 65.8 Å². The largest absolute Gasteiger partial charge is 0.439 e. The molecule has 2 aromatic carbocycles. The van der Waals surface area contributed by atoms with E-state index >= 15 is 0 Å². The summed E-state index contributed by atoms with van der Waals surface area (Å²) in [5.41, 5.74) is 3.06. The molecule has 4 rings (SSSR count). The lowest BCUT2D eigenvalue weighted by molar-refractivity contribution is 0.0785. The lowest BCUT2D eigenvalue weighted by Gasteiger charge is -2.18. The van der Waals surface area contributed by atoms with Crippen LogP contribution < -0.4 is 9.46 Å². The Hall–Kier alpha value is -3.76. The average Bonchev–Trinajstić information content (AvgIpc) is 3.29. The van der Waals surface area contributed by atoms with Gasteiger partial charge in [-0.2, -0.15) is 10.1 Å². The van der Waals surface area contributed by atoms with Crippen molar-refractivity contribution in [1.29, 1.82) is 0 Å². The normalized spacial score (nSPS) is 11.9. The summed E-state index contributed by atoms with van der Waals surface area (Å²) < 4.78 is 33.8. The summed E-state index contributed by atoms with van der Waals surface area (Å²) >= 11 is 0. The molecule has 0 amide bonds. The van der Waals surface area contributed by atoms with Gasteiger partial charge in [0.1, 0.15) is 10.6 Å². The Labute approximate surface area is 197 Å². The molecule has 3 N–H and O–H groups in total. The van der Waals surface area contributed by atoms with E-state index in [9.17, 15) is 13.5 Å². The molecule has 34 heavy (non-hydrogen) atoms. The van der Waals surface area contributed by atoms with Crippen molar-refractivity contribution in [2.24, 2.45) is 0 Å². The molecule has 0 spiro atoms. The van der Waals surface area contributed by atoms with E-state index < -0.39 is 15.6 Å². The average molecular weight is 480 g/mol. The predicted octanol–water partition coefficient (Wildman–Crippen LogP) is 4.30. The SMILES string of the molecule is Cc1cccc(C)c1-c1cc(Oc2ccc(C(C)(C)O)cc2)nc(NS(=O)(=O)c2cn[nH]c2)n1. The van der Waals surface area contributed by atoms with Crippen LogP contribution in [-0.4, -0.2) is 33.7 Å². The van der Waals surface area contributed by atoms with Crippen LogP contribution in [0.2, 0.25) is 0 Å². The third-order valence-electron chi connectivity index (χ3n) is 5.23. The second kappa shape index (κ2) is 8.88. The highest BCUT2D eigenvalue weighted by molar-refractivity contribution is 7.92. The fourth-order valence-electron chi connectivity index (χ4n) is 3.49. The minimum atomic E-state index is -3.95. The van der Waals surface area contributed by atoms with Crippen LogP contribution in [0, 0.1) is 13.8 Å². The van der Waals surface area contributed by atoms with Crippen molar-refractivity contribution in [3.05, 3.63) is 77.6 Å². The Bertz CT molecular complexity index is 1390. The zero-order valence-electron chi connectivity index (χ0n) is 19.2. The van der Waals surface area contributed by atoms with Crippen molar-refractivity contribution in [2.45, 2.75) is 38.2 Å². The molecule has 10 heteroatoms.